The summed E-state index contributed by atoms with van der Waals surface area (Å²) in [5.41, 5.74) is 0.807. The number of hydrogen-bond donors (Lipinski definition) is 0. The van der Waals surface area contributed by atoms with Crippen LogP contribution in [-0.4, -0.2) is 36.1 Å². The number of carbonyl (C=O) groups excluding carboxylic acids is 2. The second kappa shape index (κ2) is 6.50. The highest BCUT2D eigenvalue weighted by molar-refractivity contribution is 8.00. The smallest absolute Gasteiger partial charge is 0.242 e. The van der Waals surface area contributed by atoms with Crippen LogP contribution in [0.1, 0.15) is 18.7 Å². The lowest BCUT2D eigenvalue weighted by molar-refractivity contribution is -0.132. The van der Waals surface area contributed by atoms with E-state index < -0.39 is 0 Å². The minimum atomic E-state index is -0.179. The molecule has 120 valence electrons. The van der Waals surface area contributed by atoms with E-state index >= 15 is 0 Å². The van der Waals surface area contributed by atoms with Crippen LogP contribution in [0.2, 0.25) is 0 Å². The zero-order valence-electron chi connectivity index (χ0n) is 13.1. The third kappa shape index (κ3) is 3.12. The molecular weight excluding hydrogens is 312 g/mol. The largest absolute Gasteiger partial charge is 0.467 e. The lowest BCUT2D eigenvalue weighted by Gasteiger charge is -2.31. The molecule has 1 aliphatic heterocycles. The lowest BCUT2D eigenvalue weighted by atomic mass is 10.2. The molecule has 23 heavy (non-hydrogen) atoms. The van der Waals surface area contributed by atoms with Gasteiger partial charge in [-0.25, -0.2) is 0 Å². The van der Waals surface area contributed by atoms with Crippen molar-refractivity contribution < 1.29 is 14.0 Å². The van der Waals surface area contributed by atoms with Crippen molar-refractivity contribution in [3.8, 4) is 0 Å². The Labute approximate surface area is 139 Å². The number of likely N-dealkylation sites (N-methyl/N-ethyl adjacent to an activating group) is 1. The molecule has 6 heteroatoms. The van der Waals surface area contributed by atoms with Crippen molar-refractivity contribution in [3.63, 3.8) is 0 Å². The molecule has 0 aliphatic carbocycles. The maximum Gasteiger partial charge on any atom is 0.242 e. The summed E-state index contributed by atoms with van der Waals surface area (Å²) in [6.07, 6.45) is 1.59. The van der Waals surface area contributed by atoms with Gasteiger partial charge in [0.2, 0.25) is 11.8 Å². The van der Waals surface area contributed by atoms with Gasteiger partial charge in [-0.2, -0.15) is 0 Å². The number of carbonyl (C=O) groups is 2. The molecule has 1 aromatic heterocycles. The molecule has 2 aromatic rings. The van der Waals surface area contributed by atoms with Crippen LogP contribution in [0.15, 0.2) is 52.0 Å². The highest BCUT2D eigenvalue weighted by Crippen LogP contribution is 2.35. The van der Waals surface area contributed by atoms with E-state index in [0.717, 1.165) is 16.3 Å². The van der Waals surface area contributed by atoms with Crippen molar-refractivity contribution in [3.05, 3.63) is 48.4 Å². The Morgan fingerprint density at radius 1 is 1.35 bits per heavy atom. The second-order valence-electron chi connectivity index (χ2n) is 5.43. The summed E-state index contributed by atoms with van der Waals surface area (Å²) >= 11 is 1.51. The van der Waals surface area contributed by atoms with E-state index in [1.54, 1.807) is 29.2 Å². The quantitative estimate of drug-likeness (QED) is 0.865. The number of para-hydroxylation sites is 1. The molecule has 0 unspecified atom stereocenters. The van der Waals surface area contributed by atoms with Crippen molar-refractivity contribution in [1.29, 1.82) is 0 Å². The lowest BCUT2D eigenvalue weighted by Crippen LogP contribution is -2.44. The van der Waals surface area contributed by atoms with Gasteiger partial charge in [-0.15, -0.1) is 11.8 Å². The molecule has 2 amide bonds. The number of anilines is 1. The van der Waals surface area contributed by atoms with Gasteiger partial charge >= 0.3 is 0 Å². The first-order chi connectivity index (χ1) is 11.1. The Hall–Kier alpha value is -2.21. The van der Waals surface area contributed by atoms with Crippen LogP contribution in [0.4, 0.5) is 5.69 Å². The van der Waals surface area contributed by atoms with Gasteiger partial charge in [0.25, 0.3) is 0 Å². The van der Waals surface area contributed by atoms with Crippen LogP contribution >= 0.6 is 11.8 Å². The highest BCUT2D eigenvalue weighted by atomic mass is 32.2. The van der Waals surface area contributed by atoms with E-state index in [0.29, 0.717) is 5.75 Å². The average Bonchev–Trinajstić information content (AvgIpc) is 3.10. The van der Waals surface area contributed by atoms with E-state index in [-0.39, 0.29) is 24.4 Å². The van der Waals surface area contributed by atoms with Gasteiger partial charge in [0.1, 0.15) is 12.3 Å². The summed E-state index contributed by atoms with van der Waals surface area (Å²) in [5, 5.41) is 0. The Balaban J connectivity index is 1.76. The normalized spacial score (nSPS) is 15.2. The number of amides is 2. The maximum absolute atomic E-state index is 12.6. The van der Waals surface area contributed by atoms with Crippen LogP contribution in [0.25, 0.3) is 0 Å². The van der Waals surface area contributed by atoms with Gasteiger partial charge in [-0.1, -0.05) is 12.1 Å². The minimum absolute atomic E-state index is 0.0396. The van der Waals surface area contributed by atoms with Gasteiger partial charge in [-0.3, -0.25) is 9.59 Å². The number of fused-ring (bicyclic) bond motifs is 1. The molecule has 0 radical (unpaired) electrons. The molecule has 0 fully saturated rings. The van der Waals surface area contributed by atoms with Crippen LogP contribution in [0.5, 0.6) is 0 Å². The van der Waals surface area contributed by atoms with E-state index in [1.165, 1.54) is 11.8 Å². The predicted octanol–water partition coefficient (Wildman–Crippen LogP) is 2.94. The first-order valence-electron chi connectivity index (χ1n) is 7.39. The number of benzene rings is 1. The van der Waals surface area contributed by atoms with E-state index in [1.807, 2.05) is 37.3 Å². The Morgan fingerprint density at radius 3 is 2.87 bits per heavy atom. The van der Waals surface area contributed by atoms with Crippen LogP contribution in [-0.2, 0) is 9.59 Å². The predicted molar refractivity (Wildman–Crippen MR) is 89.4 cm³/mol. The highest BCUT2D eigenvalue weighted by Gasteiger charge is 2.28. The molecule has 1 aliphatic rings. The maximum atomic E-state index is 12.6. The Kier molecular flexibility index (Phi) is 4.43. The Bertz CT molecular complexity index is 714. The van der Waals surface area contributed by atoms with Crippen molar-refractivity contribution in [2.24, 2.45) is 0 Å². The van der Waals surface area contributed by atoms with Gasteiger partial charge in [0, 0.05) is 11.9 Å². The fourth-order valence-corrected chi connectivity index (χ4v) is 3.45. The second-order valence-corrected chi connectivity index (χ2v) is 6.45. The summed E-state index contributed by atoms with van der Waals surface area (Å²) in [6, 6.07) is 11.1. The molecule has 5 nitrogen and oxygen atoms in total. The number of thioether (sulfide) groups is 1. The number of furan rings is 1. The number of hydrogen-bond acceptors (Lipinski definition) is 4. The summed E-state index contributed by atoms with van der Waals surface area (Å²) in [6.45, 7) is 1.94. The van der Waals surface area contributed by atoms with Gasteiger partial charge in [0.15, 0.2) is 0 Å². The monoisotopic (exact) mass is 330 g/mol. The van der Waals surface area contributed by atoms with E-state index in [9.17, 15) is 9.59 Å². The molecule has 0 bridgehead atoms. The van der Waals surface area contributed by atoms with Gasteiger partial charge in [-0.05, 0) is 31.2 Å². The average molecular weight is 330 g/mol. The molecule has 3 rings (SSSR count). The minimum Gasteiger partial charge on any atom is -0.467 e. The SMILES string of the molecule is C[C@@H](c1ccco1)N(C)C(=O)CN1C(=O)CSc2ccccc21. The van der Waals surface area contributed by atoms with E-state index in [2.05, 4.69) is 0 Å². The molecule has 1 aromatic carbocycles. The topological polar surface area (TPSA) is 53.8 Å². The Morgan fingerprint density at radius 2 is 2.13 bits per heavy atom. The number of rotatable bonds is 4. The standard InChI is InChI=1S/C17H18N2O3S/c1-12(14-7-5-9-22-14)18(2)16(20)10-19-13-6-3-4-8-15(13)23-11-17(19)21/h3-9,12H,10-11H2,1-2H3/t12-/m0/s1. The van der Waals surface area contributed by atoms with Gasteiger partial charge < -0.3 is 14.2 Å². The molecule has 0 N–H and O–H groups in total. The molecule has 0 saturated heterocycles. The van der Waals surface area contributed by atoms with Crippen molar-refractivity contribution in [1.82, 2.24) is 4.90 Å². The first kappa shape index (κ1) is 15.7. The third-order valence-corrected chi connectivity index (χ3v) is 5.08. The first-order valence-corrected chi connectivity index (χ1v) is 8.37. The summed E-state index contributed by atoms with van der Waals surface area (Å²) in [5.74, 6) is 0.925. The summed E-state index contributed by atoms with van der Waals surface area (Å²) < 4.78 is 5.36. The van der Waals surface area contributed by atoms with Crippen LogP contribution in [0.3, 0.4) is 0 Å². The van der Waals surface area contributed by atoms with Crippen molar-refractivity contribution in [2.45, 2.75) is 17.9 Å². The third-order valence-electron chi connectivity index (χ3n) is 4.03. The summed E-state index contributed by atoms with van der Waals surface area (Å²) in [4.78, 5) is 29.0. The molecule has 1 atom stereocenters. The van der Waals surface area contributed by atoms with Gasteiger partial charge in [0.05, 0.1) is 23.7 Å². The number of nitrogens with zero attached hydrogens (tertiary/aromatic N) is 2. The molecule has 0 spiro atoms. The van der Waals surface area contributed by atoms with E-state index in [4.69, 9.17) is 4.42 Å². The summed E-state index contributed by atoms with van der Waals surface area (Å²) in [7, 11) is 1.73. The van der Waals surface area contributed by atoms with Crippen molar-refractivity contribution >= 4 is 29.3 Å². The van der Waals surface area contributed by atoms with Crippen molar-refractivity contribution in [2.75, 3.05) is 24.2 Å². The molecule has 2 heterocycles. The molecule has 0 saturated carbocycles. The fourth-order valence-electron chi connectivity index (χ4n) is 2.51. The zero-order chi connectivity index (χ0) is 16.4. The fraction of sp³-hybridized carbons (Fsp3) is 0.294. The zero-order valence-corrected chi connectivity index (χ0v) is 13.9. The molecular formula is C17H18N2O3S. The van der Waals surface area contributed by atoms with Crippen LogP contribution < -0.4 is 4.90 Å². The van der Waals surface area contributed by atoms with Crippen LogP contribution in [0, 0.1) is 0 Å².